The largest absolute Gasteiger partial charge is 0.310 e. The molecule has 1 aromatic heterocycles. The van der Waals surface area contributed by atoms with E-state index in [0.717, 1.165) is 43.3 Å². The SMILES string of the molecule is Cc1ccc(-n2nnc(C(C)NCC3CN(C)CCN3)c2C)cc1. The number of nitrogens with zero attached hydrogens (tertiary/aromatic N) is 4. The van der Waals surface area contributed by atoms with Gasteiger partial charge in [-0.05, 0) is 40.0 Å². The lowest BCUT2D eigenvalue weighted by atomic mass is 10.1. The molecule has 0 saturated carbocycles. The molecule has 1 fully saturated rings. The van der Waals surface area contributed by atoms with Crippen LogP contribution in [0.15, 0.2) is 24.3 Å². The zero-order chi connectivity index (χ0) is 17.1. The van der Waals surface area contributed by atoms with Crippen molar-refractivity contribution >= 4 is 0 Å². The monoisotopic (exact) mass is 328 g/mol. The van der Waals surface area contributed by atoms with Crippen molar-refractivity contribution < 1.29 is 0 Å². The van der Waals surface area contributed by atoms with E-state index in [4.69, 9.17) is 0 Å². The molecule has 1 aliphatic heterocycles. The molecule has 24 heavy (non-hydrogen) atoms. The highest BCUT2D eigenvalue weighted by Gasteiger charge is 2.20. The van der Waals surface area contributed by atoms with Gasteiger partial charge in [0.05, 0.1) is 17.4 Å². The van der Waals surface area contributed by atoms with Crippen molar-refractivity contribution in [3.8, 4) is 5.69 Å². The molecule has 1 aromatic carbocycles. The van der Waals surface area contributed by atoms with Crippen LogP contribution >= 0.6 is 0 Å². The first kappa shape index (κ1) is 17.1. The Kier molecular flexibility index (Phi) is 5.28. The van der Waals surface area contributed by atoms with Gasteiger partial charge >= 0.3 is 0 Å². The molecule has 6 nitrogen and oxygen atoms in total. The van der Waals surface area contributed by atoms with Crippen LogP contribution in [0.4, 0.5) is 0 Å². The Labute approximate surface area is 144 Å². The fourth-order valence-electron chi connectivity index (χ4n) is 3.22. The fourth-order valence-corrected chi connectivity index (χ4v) is 3.22. The predicted octanol–water partition coefficient (Wildman–Crippen LogP) is 1.44. The van der Waals surface area contributed by atoms with E-state index in [1.54, 1.807) is 0 Å². The molecule has 0 spiro atoms. The van der Waals surface area contributed by atoms with Crippen molar-refractivity contribution in [1.82, 2.24) is 30.5 Å². The molecule has 3 rings (SSSR count). The molecule has 6 heteroatoms. The molecule has 1 aliphatic rings. The minimum atomic E-state index is 0.179. The van der Waals surface area contributed by atoms with E-state index in [1.807, 2.05) is 4.68 Å². The lowest BCUT2D eigenvalue weighted by Gasteiger charge is -2.31. The second-order valence-electron chi connectivity index (χ2n) is 6.85. The highest BCUT2D eigenvalue weighted by Crippen LogP contribution is 2.18. The maximum absolute atomic E-state index is 4.41. The fraction of sp³-hybridized carbons (Fsp3) is 0.556. The highest BCUT2D eigenvalue weighted by atomic mass is 15.4. The number of nitrogens with one attached hydrogen (secondary N) is 2. The van der Waals surface area contributed by atoms with Gasteiger partial charge in [0.2, 0.25) is 0 Å². The first-order chi connectivity index (χ1) is 11.5. The van der Waals surface area contributed by atoms with Gasteiger partial charge in [0.25, 0.3) is 0 Å². The van der Waals surface area contributed by atoms with Crippen LogP contribution in [0.1, 0.15) is 29.9 Å². The normalized spacial score (nSPS) is 20.2. The maximum Gasteiger partial charge on any atom is 0.103 e. The van der Waals surface area contributed by atoms with Gasteiger partial charge in [-0.15, -0.1) is 5.10 Å². The van der Waals surface area contributed by atoms with E-state index >= 15 is 0 Å². The summed E-state index contributed by atoms with van der Waals surface area (Å²) in [6, 6.07) is 9.03. The summed E-state index contributed by atoms with van der Waals surface area (Å²) in [5.41, 5.74) is 4.41. The highest BCUT2D eigenvalue weighted by molar-refractivity contribution is 5.35. The summed E-state index contributed by atoms with van der Waals surface area (Å²) >= 11 is 0. The Morgan fingerprint density at radius 3 is 2.75 bits per heavy atom. The van der Waals surface area contributed by atoms with Crippen LogP contribution in [0.3, 0.4) is 0 Å². The van der Waals surface area contributed by atoms with Crippen LogP contribution in [-0.4, -0.2) is 59.2 Å². The van der Waals surface area contributed by atoms with Crippen molar-refractivity contribution in [2.75, 3.05) is 33.2 Å². The van der Waals surface area contributed by atoms with E-state index in [-0.39, 0.29) is 6.04 Å². The lowest BCUT2D eigenvalue weighted by Crippen LogP contribution is -2.53. The lowest BCUT2D eigenvalue weighted by molar-refractivity contribution is 0.232. The summed E-state index contributed by atoms with van der Waals surface area (Å²) in [5.74, 6) is 0. The molecule has 2 N–H and O–H groups in total. The zero-order valence-electron chi connectivity index (χ0n) is 15.1. The van der Waals surface area contributed by atoms with E-state index in [9.17, 15) is 0 Å². The zero-order valence-corrected chi connectivity index (χ0v) is 15.1. The number of piperazine rings is 1. The maximum atomic E-state index is 4.41. The molecule has 0 aliphatic carbocycles. The summed E-state index contributed by atoms with van der Waals surface area (Å²) in [7, 11) is 2.18. The quantitative estimate of drug-likeness (QED) is 0.870. The third kappa shape index (κ3) is 3.83. The Morgan fingerprint density at radius 2 is 2.04 bits per heavy atom. The third-order valence-electron chi connectivity index (χ3n) is 4.75. The molecule has 2 aromatic rings. The molecule has 0 amide bonds. The molecule has 2 unspecified atom stereocenters. The number of likely N-dealkylation sites (N-methyl/N-ethyl adjacent to an activating group) is 1. The molecule has 2 heterocycles. The van der Waals surface area contributed by atoms with Crippen LogP contribution in [0.25, 0.3) is 5.69 Å². The number of hydrogen-bond acceptors (Lipinski definition) is 5. The van der Waals surface area contributed by atoms with Crippen LogP contribution in [0.2, 0.25) is 0 Å². The molecular weight excluding hydrogens is 300 g/mol. The second-order valence-corrected chi connectivity index (χ2v) is 6.85. The van der Waals surface area contributed by atoms with Gasteiger partial charge in [-0.2, -0.15) is 0 Å². The third-order valence-corrected chi connectivity index (χ3v) is 4.75. The summed E-state index contributed by atoms with van der Waals surface area (Å²) in [6.07, 6.45) is 0. The van der Waals surface area contributed by atoms with Crippen LogP contribution < -0.4 is 10.6 Å². The number of rotatable bonds is 5. The Balaban J connectivity index is 1.65. The van der Waals surface area contributed by atoms with Crippen molar-refractivity contribution in [2.45, 2.75) is 32.9 Å². The Hall–Kier alpha value is -1.76. The first-order valence-corrected chi connectivity index (χ1v) is 8.69. The summed E-state index contributed by atoms with van der Waals surface area (Å²) < 4.78 is 1.92. The molecule has 0 radical (unpaired) electrons. The molecule has 0 bridgehead atoms. The van der Waals surface area contributed by atoms with Crippen molar-refractivity contribution in [3.05, 3.63) is 41.2 Å². The number of hydrogen-bond donors (Lipinski definition) is 2. The van der Waals surface area contributed by atoms with Gasteiger partial charge < -0.3 is 15.5 Å². The number of aromatic nitrogens is 3. The van der Waals surface area contributed by atoms with Gasteiger partial charge in [-0.3, -0.25) is 0 Å². The summed E-state index contributed by atoms with van der Waals surface area (Å²) in [6.45, 7) is 10.5. The minimum absolute atomic E-state index is 0.179. The van der Waals surface area contributed by atoms with Crippen LogP contribution in [-0.2, 0) is 0 Å². The Morgan fingerprint density at radius 1 is 1.29 bits per heavy atom. The minimum Gasteiger partial charge on any atom is -0.310 e. The van der Waals surface area contributed by atoms with E-state index < -0.39 is 0 Å². The molecule has 1 saturated heterocycles. The first-order valence-electron chi connectivity index (χ1n) is 8.69. The molecule has 130 valence electrons. The van der Waals surface area contributed by atoms with Gasteiger partial charge in [-0.25, -0.2) is 4.68 Å². The number of aryl methyl sites for hydroxylation is 1. The van der Waals surface area contributed by atoms with Gasteiger partial charge in [0.1, 0.15) is 5.69 Å². The average molecular weight is 328 g/mol. The van der Waals surface area contributed by atoms with E-state index in [0.29, 0.717) is 6.04 Å². The van der Waals surface area contributed by atoms with Crippen LogP contribution in [0, 0.1) is 13.8 Å². The number of benzene rings is 1. The Bertz CT molecular complexity index is 663. The second kappa shape index (κ2) is 7.42. The standard InChI is InChI=1S/C18H28N6/c1-13-5-7-17(8-6-13)24-15(3)18(21-22-24)14(2)20-11-16-12-23(4)10-9-19-16/h5-8,14,16,19-20H,9-12H2,1-4H3. The van der Waals surface area contributed by atoms with Crippen molar-refractivity contribution in [1.29, 1.82) is 0 Å². The van der Waals surface area contributed by atoms with Gasteiger partial charge in [-0.1, -0.05) is 22.9 Å². The topological polar surface area (TPSA) is 58.0 Å². The van der Waals surface area contributed by atoms with E-state index in [1.165, 1.54) is 5.56 Å². The summed E-state index contributed by atoms with van der Waals surface area (Å²) in [5, 5.41) is 15.9. The van der Waals surface area contributed by atoms with E-state index in [2.05, 4.69) is 77.9 Å². The van der Waals surface area contributed by atoms with Crippen LogP contribution in [0.5, 0.6) is 0 Å². The smallest absolute Gasteiger partial charge is 0.103 e. The predicted molar refractivity (Wildman–Crippen MR) is 96.5 cm³/mol. The average Bonchev–Trinajstić information content (AvgIpc) is 2.95. The molecular formula is C18H28N6. The van der Waals surface area contributed by atoms with Crippen molar-refractivity contribution in [2.24, 2.45) is 0 Å². The van der Waals surface area contributed by atoms with Gasteiger partial charge in [0.15, 0.2) is 0 Å². The summed E-state index contributed by atoms with van der Waals surface area (Å²) in [4.78, 5) is 2.37. The van der Waals surface area contributed by atoms with Gasteiger partial charge in [0, 0.05) is 32.2 Å². The molecule has 2 atom stereocenters. The van der Waals surface area contributed by atoms with Crippen molar-refractivity contribution in [3.63, 3.8) is 0 Å².